The largest absolute Gasteiger partial charge is 0.457 e. The van der Waals surface area contributed by atoms with Crippen molar-refractivity contribution in [2.24, 2.45) is 23.2 Å². The molecule has 0 aliphatic carbocycles. The van der Waals surface area contributed by atoms with Gasteiger partial charge in [-0.15, -0.1) is 11.3 Å². The second kappa shape index (κ2) is 13.6. The molecule has 1 aliphatic heterocycles. The molecule has 0 fully saturated rings. The van der Waals surface area contributed by atoms with E-state index in [1.54, 1.807) is 32.1 Å². The molecule has 1 aromatic rings. The van der Waals surface area contributed by atoms with Gasteiger partial charge in [-0.1, -0.05) is 53.2 Å². The second-order valence-electron chi connectivity index (χ2n) is 11.2. The smallest absolute Gasteiger partial charge is 0.309 e. The number of rotatable bonds is 2. The number of Topliss-reactive ketones (excluding diaryl/α,β-unsaturated/α-hetero) is 1. The molecular formula is C29H45NO5S. The Balaban J connectivity index is 2.28. The first-order chi connectivity index (χ1) is 16.8. The molecule has 0 amide bonds. The number of ether oxygens (including phenoxy) is 1. The van der Waals surface area contributed by atoms with Gasteiger partial charge in [0, 0.05) is 17.7 Å². The Morgan fingerprint density at radius 3 is 2.53 bits per heavy atom. The van der Waals surface area contributed by atoms with Crippen molar-refractivity contribution < 1.29 is 24.5 Å². The monoisotopic (exact) mass is 519 g/mol. The van der Waals surface area contributed by atoms with Crippen LogP contribution in [0.3, 0.4) is 0 Å². The van der Waals surface area contributed by atoms with Crippen LogP contribution in [0.4, 0.5) is 0 Å². The zero-order valence-corrected chi connectivity index (χ0v) is 23.8. The average molecular weight is 520 g/mol. The number of aromatic nitrogens is 1. The highest BCUT2D eigenvalue weighted by Gasteiger charge is 2.42. The van der Waals surface area contributed by atoms with Crippen molar-refractivity contribution in [2.45, 2.75) is 105 Å². The van der Waals surface area contributed by atoms with E-state index in [-0.39, 0.29) is 18.1 Å². The lowest BCUT2D eigenvalue weighted by Crippen LogP contribution is -2.45. The highest BCUT2D eigenvalue weighted by atomic mass is 32.1. The topological polar surface area (TPSA) is 96.7 Å². The Morgan fingerprint density at radius 1 is 1.19 bits per heavy atom. The molecule has 2 heterocycles. The molecular weight excluding hydrogens is 474 g/mol. The Labute approximate surface area is 220 Å². The van der Waals surface area contributed by atoms with Crippen LogP contribution in [-0.4, -0.2) is 45.3 Å². The van der Waals surface area contributed by atoms with Crippen molar-refractivity contribution in [1.82, 2.24) is 4.98 Å². The van der Waals surface area contributed by atoms with Gasteiger partial charge >= 0.3 is 5.97 Å². The van der Waals surface area contributed by atoms with E-state index in [2.05, 4.69) is 18.0 Å². The molecule has 2 N–H and O–H groups in total. The maximum Gasteiger partial charge on any atom is 0.309 e. The van der Waals surface area contributed by atoms with Crippen molar-refractivity contribution in [3.63, 3.8) is 0 Å². The average Bonchev–Trinajstić information content (AvgIpc) is 3.22. The first-order valence-electron chi connectivity index (χ1n) is 13.2. The first-order valence-corrected chi connectivity index (χ1v) is 14.1. The lowest BCUT2D eigenvalue weighted by Gasteiger charge is -2.34. The molecule has 202 valence electrons. The molecule has 2 rings (SSSR count). The summed E-state index contributed by atoms with van der Waals surface area (Å²) in [5.41, 5.74) is 0.503. The highest BCUT2D eigenvalue weighted by molar-refractivity contribution is 7.09. The van der Waals surface area contributed by atoms with Crippen molar-refractivity contribution in [1.29, 1.82) is 0 Å². The van der Waals surface area contributed by atoms with Gasteiger partial charge < -0.3 is 14.9 Å². The van der Waals surface area contributed by atoms with Gasteiger partial charge in [0.15, 0.2) is 0 Å². The number of nitrogens with zero attached hydrogens (tertiary/aromatic N) is 1. The number of hydrogen-bond acceptors (Lipinski definition) is 7. The fourth-order valence-corrected chi connectivity index (χ4v) is 5.50. The van der Waals surface area contributed by atoms with E-state index in [9.17, 15) is 19.8 Å². The third-order valence-electron chi connectivity index (χ3n) is 7.49. The molecule has 0 aromatic carbocycles. The van der Waals surface area contributed by atoms with Crippen molar-refractivity contribution in [3.05, 3.63) is 33.8 Å². The quantitative estimate of drug-likeness (QED) is 0.373. The Bertz CT molecular complexity index is 934. The van der Waals surface area contributed by atoms with Crippen molar-refractivity contribution in [2.75, 3.05) is 0 Å². The summed E-state index contributed by atoms with van der Waals surface area (Å²) in [5.74, 6) is -1.05. The van der Waals surface area contributed by atoms with Crippen LogP contribution in [0.25, 0.3) is 6.08 Å². The van der Waals surface area contributed by atoms with E-state index in [1.165, 1.54) is 0 Å². The van der Waals surface area contributed by atoms with Gasteiger partial charge in [0.25, 0.3) is 0 Å². The van der Waals surface area contributed by atoms with Gasteiger partial charge in [0.2, 0.25) is 0 Å². The van der Waals surface area contributed by atoms with Crippen LogP contribution in [0.15, 0.2) is 23.1 Å². The molecule has 1 aliphatic rings. The summed E-state index contributed by atoms with van der Waals surface area (Å²) in [6.07, 6.45) is 7.67. The number of allylic oxidation sites excluding steroid dienone is 1. The van der Waals surface area contributed by atoms with Gasteiger partial charge in [-0.05, 0) is 56.6 Å². The number of aliphatic hydroxyl groups excluding tert-OH is 2. The van der Waals surface area contributed by atoms with Gasteiger partial charge in [-0.3, -0.25) is 9.59 Å². The summed E-state index contributed by atoms with van der Waals surface area (Å²) < 4.78 is 5.81. The minimum Gasteiger partial charge on any atom is -0.457 e. The summed E-state index contributed by atoms with van der Waals surface area (Å²) in [6.45, 7) is 13.0. The number of hydrogen-bond donors (Lipinski definition) is 2. The van der Waals surface area contributed by atoms with Crippen LogP contribution >= 0.6 is 11.3 Å². The molecule has 0 saturated heterocycles. The lowest BCUT2D eigenvalue weighted by molar-refractivity contribution is -0.154. The van der Waals surface area contributed by atoms with Crippen LogP contribution < -0.4 is 0 Å². The summed E-state index contributed by atoms with van der Waals surface area (Å²) in [6, 6.07) is 0. The predicted octanol–water partition coefficient (Wildman–Crippen LogP) is 5.90. The third kappa shape index (κ3) is 8.63. The number of carbonyl (C=O) groups is 2. The van der Waals surface area contributed by atoms with Crippen molar-refractivity contribution in [3.8, 4) is 0 Å². The summed E-state index contributed by atoms with van der Waals surface area (Å²) in [4.78, 5) is 30.7. The van der Waals surface area contributed by atoms with Gasteiger partial charge in [0.05, 0.1) is 34.7 Å². The maximum absolute atomic E-state index is 13.3. The summed E-state index contributed by atoms with van der Waals surface area (Å²) in [5, 5.41) is 24.7. The molecule has 0 saturated carbocycles. The Kier molecular flexibility index (Phi) is 11.5. The van der Waals surface area contributed by atoms with Crippen LogP contribution in [0, 0.1) is 30.1 Å². The van der Waals surface area contributed by atoms with Gasteiger partial charge in [-0.2, -0.15) is 0 Å². The molecule has 0 bridgehead atoms. The summed E-state index contributed by atoms with van der Waals surface area (Å²) in [7, 11) is 0. The zero-order chi connectivity index (χ0) is 27.0. The number of carbonyl (C=O) groups excluding carboxylic acids is 2. The SMILES string of the molecule is C/C(=C\c1csc(C)n1)[C@@H]1C/C=C\CCC[C@H](C)C[C@H](C)[C@H](O)[C@@H](C)C(=O)C(C)(C)[C@@H](O)CC(=O)O1. The van der Waals surface area contributed by atoms with Crippen LogP contribution in [0.5, 0.6) is 0 Å². The maximum atomic E-state index is 13.3. The molecule has 0 unspecified atom stereocenters. The highest BCUT2D eigenvalue weighted by Crippen LogP contribution is 2.33. The first kappa shape index (κ1) is 30.4. The fraction of sp³-hybridized carbons (Fsp3) is 0.690. The number of thiazole rings is 1. The molecule has 0 radical (unpaired) electrons. The van der Waals surface area contributed by atoms with E-state index in [0.717, 1.165) is 42.0 Å². The molecule has 0 spiro atoms. The molecule has 1 aromatic heterocycles. The van der Waals surface area contributed by atoms with E-state index in [1.807, 2.05) is 38.3 Å². The van der Waals surface area contributed by atoms with Gasteiger partial charge in [-0.25, -0.2) is 4.98 Å². The number of ketones is 1. The predicted molar refractivity (Wildman–Crippen MR) is 146 cm³/mol. The second-order valence-corrected chi connectivity index (χ2v) is 12.3. The van der Waals surface area contributed by atoms with E-state index >= 15 is 0 Å². The van der Waals surface area contributed by atoms with Crippen LogP contribution in [-0.2, 0) is 14.3 Å². The fourth-order valence-electron chi connectivity index (χ4n) is 4.93. The standard InChI is InChI=1S/C29H45NO5S/c1-18-12-10-8-9-11-13-24(19(2)15-23-17-36-22(5)30-23)35-26(32)16-25(31)29(6,7)28(34)21(4)27(33)20(3)14-18/h9,11,15,17-18,20-21,24-25,27,31,33H,8,10,12-14,16H2,1-7H3/b11-9-,19-15+/t18-,20-,21+,24-,25-,27-/m0/s1. The third-order valence-corrected chi connectivity index (χ3v) is 8.28. The van der Waals surface area contributed by atoms with E-state index in [4.69, 9.17) is 4.74 Å². The Morgan fingerprint density at radius 2 is 1.89 bits per heavy atom. The van der Waals surface area contributed by atoms with Crippen LogP contribution in [0.1, 0.15) is 90.8 Å². The number of cyclic esters (lactones) is 1. The van der Waals surface area contributed by atoms with E-state index < -0.39 is 35.6 Å². The minimum absolute atomic E-state index is 0.0386. The number of esters is 1. The minimum atomic E-state index is -1.22. The molecule has 7 heteroatoms. The number of aryl methyl sites for hydroxylation is 1. The van der Waals surface area contributed by atoms with Crippen molar-refractivity contribution >= 4 is 29.2 Å². The summed E-state index contributed by atoms with van der Waals surface area (Å²) >= 11 is 1.56. The zero-order valence-electron chi connectivity index (χ0n) is 23.0. The lowest BCUT2D eigenvalue weighted by atomic mass is 9.72. The Hall–Kier alpha value is -1.83. The van der Waals surface area contributed by atoms with Gasteiger partial charge in [0.1, 0.15) is 11.9 Å². The molecule has 6 nitrogen and oxygen atoms in total. The molecule has 6 atom stereocenters. The van der Waals surface area contributed by atoms with Crippen LogP contribution in [0.2, 0.25) is 0 Å². The van der Waals surface area contributed by atoms with E-state index in [0.29, 0.717) is 12.3 Å². The number of aliphatic hydroxyl groups is 2. The normalized spacial score (nSPS) is 32.9. The molecule has 36 heavy (non-hydrogen) atoms.